The molecule has 0 spiro atoms. The molecular weight excluding hydrogens is 302 g/mol. The zero-order valence-electron chi connectivity index (χ0n) is 8.69. The van der Waals surface area contributed by atoms with Crippen LogP contribution in [0.25, 0.3) is 0 Å². The van der Waals surface area contributed by atoms with Gasteiger partial charge in [-0.1, -0.05) is 0 Å². The van der Waals surface area contributed by atoms with E-state index in [0.29, 0.717) is 0 Å². The van der Waals surface area contributed by atoms with E-state index in [4.69, 9.17) is 11.6 Å². The van der Waals surface area contributed by atoms with Crippen molar-refractivity contribution in [2.45, 2.75) is 12.4 Å². The molecule has 9 heteroatoms. The molecule has 0 amide bonds. The van der Waals surface area contributed by atoms with Crippen molar-refractivity contribution >= 4 is 23.1 Å². The minimum Gasteiger partial charge on any atom is -0.298 e. The second kappa shape index (κ2) is 4.84. The van der Waals surface area contributed by atoms with Crippen molar-refractivity contribution < 1.29 is 35.9 Å². The SMILES string of the molecule is O=Cc1cc(C(F)(F)F)c(C(=O)Cl)cc1C(F)(F)F. The van der Waals surface area contributed by atoms with E-state index in [2.05, 4.69) is 0 Å². The molecule has 0 aliphatic carbocycles. The van der Waals surface area contributed by atoms with E-state index < -0.39 is 39.8 Å². The smallest absolute Gasteiger partial charge is 0.298 e. The van der Waals surface area contributed by atoms with Crippen molar-refractivity contribution in [3.05, 3.63) is 34.4 Å². The van der Waals surface area contributed by atoms with Gasteiger partial charge in [0.1, 0.15) is 0 Å². The summed E-state index contributed by atoms with van der Waals surface area (Å²) >= 11 is 4.84. The molecule has 0 saturated heterocycles. The van der Waals surface area contributed by atoms with Gasteiger partial charge in [0.05, 0.1) is 11.1 Å². The summed E-state index contributed by atoms with van der Waals surface area (Å²) in [5.74, 6) is 0. The Morgan fingerprint density at radius 1 is 1.00 bits per heavy atom. The molecule has 0 heterocycles. The third kappa shape index (κ3) is 3.25. The lowest BCUT2D eigenvalue weighted by Crippen LogP contribution is -2.16. The number of rotatable bonds is 2. The molecule has 0 aromatic heterocycles. The van der Waals surface area contributed by atoms with Crippen LogP contribution in [0.5, 0.6) is 0 Å². The fraction of sp³-hybridized carbons (Fsp3) is 0.200. The second-order valence-corrected chi connectivity index (χ2v) is 3.72. The van der Waals surface area contributed by atoms with Crippen molar-refractivity contribution in [3.8, 4) is 0 Å². The van der Waals surface area contributed by atoms with Crippen LogP contribution in [0.2, 0.25) is 0 Å². The molecule has 0 aliphatic rings. The molecule has 1 rings (SSSR count). The molecule has 0 aliphatic heterocycles. The summed E-state index contributed by atoms with van der Waals surface area (Å²) in [4.78, 5) is 21.3. The first kappa shape index (κ1) is 15.5. The molecule has 0 saturated carbocycles. The van der Waals surface area contributed by atoms with Gasteiger partial charge in [-0.2, -0.15) is 26.3 Å². The van der Waals surface area contributed by atoms with Crippen molar-refractivity contribution in [2.75, 3.05) is 0 Å². The van der Waals surface area contributed by atoms with E-state index >= 15 is 0 Å². The van der Waals surface area contributed by atoms with Gasteiger partial charge in [-0.15, -0.1) is 0 Å². The van der Waals surface area contributed by atoms with Crippen LogP contribution in [0.4, 0.5) is 26.3 Å². The summed E-state index contributed by atoms with van der Waals surface area (Å²) in [5, 5.41) is -1.70. The maximum atomic E-state index is 12.5. The maximum absolute atomic E-state index is 12.5. The Kier molecular flexibility index (Phi) is 3.94. The van der Waals surface area contributed by atoms with Gasteiger partial charge in [0.25, 0.3) is 5.24 Å². The van der Waals surface area contributed by atoms with Crippen LogP contribution in [0.15, 0.2) is 12.1 Å². The zero-order valence-corrected chi connectivity index (χ0v) is 9.45. The molecule has 0 atom stereocenters. The number of benzene rings is 1. The molecule has 0 radical (unpaired) electrons. The minimum atomic E-state index is -5.11. The summed E-state index contributed by atoms with van der Waals surface area (Å²) in [6.07, 6.45) is -10.6. The van der Waals surface area contributed by atoms with Crippen LogP contribution in [-0.2, 0) is 12.4 Å². The number of hydrogen-bond donors (Lipinski definition) is 0. The molecule has 1 aromatic carbocycles. The van der Waals surface area contributed by atoms with Crippen LogP contribution in [0.3, 0.4) is 0 Å². The number of halogens is 7. The van der Waals surface area contributed by atoms with Gasteiger partial charge in [-0.05, 0) is 23.7 Å². The first-order chi connectivity index (χ1) is 8.48. The third-order valence-electron chi connectivity index (χ3n) is 2.14. The molecule has 0 unspecified atom stereocenters. The second-order valence-electron chi connectivity index (χ2n) is 3.37. The fourth-order valence-electron chi connectivity index (χ4n) is 1.36. The van der Waals surface area contributed by atoms with Gasteiger partial charge in [-0.3, -0.25) is 9.59 Å². The highest BCUT2D eigenvalue weighted by Gasteiger charge is 2.40. The van der Waals surface area contributed by atoms with Crippen molar-refractivity contribution in [1.29, 1.82) is 0 Å². The Morgan fingerprint density at radius 2 is 1.47 bits per heavy atom. The minimum absolute atomic E-state index is 0.0502. The van der Waals surface area contributed by atoms with E-state index in [9.17, 15) is 35.9 Å². The summed E-state index contributed by atoms with van der Waals surface area (Å²) in [5.41, 5.74) is -5.92. The molecule has 0 N–H and O–H groups in total. The average molecular weight is 305 g/mol. The first-order valence-corrected chi connectivity index (χ1v) is 4.83. The lowest BCUT2D eigenvalue weighted by atomic mass is 9.98. The summed E-state index contributed by atoms with van der Waals surface area (Å²) < 4.78 is 75.2. The summed E-state index contributed by atoms with van der Waals surface area (Å²) in [6, 6.07) is -0.132. The Hall–Kier alpha value is -1.57. The van der Waals surface area contributed by atoms with Gasteiger partial charge in [-0.25, -0.2) is 0 Å². The Bertz CT molecular complexity index is 532. The molecule has 19 heavy (non-hydrogen) atoms. The highest BCUT2D eigenvalue weighted by molar-refractivity contribution is 6.68. The van der Waals surface area contributed by atoms with Gasteiger partial charge in [0, 0.05) is 11.1 Å². The lowest BCUT2D eigenvalue weighted by Gasteiger charge is -2.15. The van der Waals surface area contributed by atoms with Gasteiger partial charge >= 0.3 is 12.4 Å². The van der Waals surface area contributed by atoms with Crippen molar-refractivity contribution in [2.24, 2.45) is 0 Å². The standard InChI is InChI=1S/C10H3ClF6O2/c11-8(19)5-2-6(9(12,13)14)4(3-18)1-7(5)10(15,16)17/h1-3H. The number of hydrogen-bond acceptors (Lipinski definition) is 2. The molecule has 0 fully saturated rings. The van der Waals surface area contributed by atoms with Crippen LogP contribution in [0, 0.1) is 0 Å². The Balaban J connectivity index is 3.71. The van der Waals surface area contributed by atoms with Crippen LogP contribution >= 0.6 is 11.6 Å². The number of carbonyl (C=O) groups is 2. The van der Waals surface area contributed by atoms with Crippen LogP contribution < -0.4 is 0 Å². The van der Waals surface area contributed by atoms with Gasteiger partial charge in [0.2, 0.25) is 0 Å². The normalized spacial score (nSPS) is 12.4. The zero-order chi connectivity index (χ0) is 15.0. The molecular formula is C10H3ClF6O2. The first-order valence-electron chi connectivity index (χ1n) is 4.46. The number of alkyl halides is 6. The number of aldehydes is 1. The highest BCUT2D eigenvalue weighted by Crippen LogP contribution is 2.38. The molecule has 0 bridgehead atoms. The fourth-order valence-corrected chi connectivity index (χ4v) is 1.51. The highest BCUT2D eigenvalue weighted by atomic mass is 35.5. The topological polar surface area (TPSA) is 34.1 Å². The predicted molar refractivity (Wildman–Crippen MR) is 52.0 cm³/mol. The average Bonchev–Trinajstić information content (AvgIpc) is 2.24. The van der Waals surface area contributed by atoms with E-state index in [1.165, 1.54) is 0 Å². The van der Waals surface area contributed by atoms with Gasteiger partial charge in [0.15, 0.2) is 6.29 Å². The molecule has 2 nitrogen and oxygen atoms in total. The van der Waals surface area contributed by atoms with Crippen LogP contribution in [0.1, 0.15) is 31.8 Å². The van der Waals surface area contributed by atoms with E-state index in [-0.39, 0.29) is 18.4 Å². The summed E-state index contributed by atoms with van der Waals surface area (Å²) in [6.45, 7) is 0. The summed E-state index contributed by atoms with van der Waals surface area (Å²) in [7, 11) is 0. The Labute approximate surface area is 107 Å². The molecule has 1 aromatic rings. The van der Waals surface area contributed by atoms with Gasteiger partial charge < -0.3 is 0 Å². The third-order valence-corrected chi connectivity index (χ3v) is 2.34. The predicted octanol–water partition coefficient (Wildman–Crippen LogP) is 3.92. The molecule has 104 valence electrons. The van der Waals surface area contributed by atoms with Crippen LogP contribution in [-0.4, -0.2) is 11.5 Å². The van der Waals surface area contributed by atoms with Crippen molar-refractivity contribution in [3.63, 3.8) is 0 Å². The largest absolute Gasteiger partial charge is 0.417 e. The maximum Gasteiger partial charge on any atom is 0.417 e. The monoisotopic (exact) mass is 304 g/mol. The quantitative estimate of drug-likeness (QED) is 0.471. The lowest BCUT2D eigenvalue weighted by molar-refractivity contribution is -0.141. The van der Waals surface area contributed by atoms with E-state index in [1.54, 1.807) is 0 Å². The van der Waals surface area contributed by atoms with E-state index in [1.807, 2.05) is 0 Å². The number of carbonyl (C=O) groups excluding carboxylic acids is 2. The van der Waals surface area contributed by atoms with E-state index in [0.717, 1.165) is 0 Å². The Morgan fingerprint density at radius 3 is 1.79 bits per heavy atom. The van der Waals surface area contributed by atoms with Crippen molar-refractivity contribution in [1.82, 2.24) is 0 Å².